The summed E-state index contributed by atoms with van der Waals surface area (Å²) in [6.45, 7) is 0. The Morgan fingerprint density at radius 1 is 1.20 bits per heavy atom. The molecule has 0 atom stereocenters. The average Bonchev–Trinajstić information content (AvgIpc) is 2.97. The number of hydrogen-bond acceptors (Lipinski definition) is 5. The molecule has 2 aromatic rings. The molecule has 1 N–H and O–H groups in total. The maximum atomic E-state index is 12.1. The highest BCUT2D eigenvalue weighted by Gasteiger charge is 2.22. The Bertz CT molecular complexity index is 576. The summed E-state index contributed by atoms with van der Waals surface area (Å²) < 4.78 is 5.41. The first-order chi connectivity index (χ1) is 9.83. The SMILES string of the molecule is O=C(Nc1nnc(-c2ccccn2)o1)C1CCCCC1. The van der Waals surface area contributed by atoms with E-state index >= 15 is 0 Å². The average molecular weight is 272 g/mol. The van der Waals surface area contributed by atoms with Crippen LogP contribution in [-0.2, 0) is 4.79 Å². The number of anilines is 1. The molecule has 2 heterocycles. The van der Waals surface area contributed by atoms with Crippen molar-refractivity contribution in [3.05, 3.63) is 24.4 Å². The quantitative estimate of drug-likeness (QED) is 0.929. The predicted octanol–water partition coefficient (Wildman–Crippen LogP) is 2.65. The second kappa shape index (κ2) is 5.81. The van der Waals surface area contributed by atoms with Gasteiger partial charge in [0.1, 0.15) is 5.69 Å². The molecule has 2 aromatic heterocycles. The van der Waals surface area contributed by atoms with Crippen LogP contribution in [0.1, 0.15) is 32.1 Å². The summed E-state index contributed by atoms with van der Waals surface area (Å²) in [5.41, 5.74) is 0.596. The van der Waals surface area contributed by atoms with Crippen LogP contribution >= 0.6 is 0 Å². The highest BCUT2D eigenvalue weighted by Crippen LogP contribution is 2.25. The summed E-state index contributed by atoms with van der Waals surface area (Å²) in [6, 6.07) is 5.57. The van der Waals surface area contributed by atoms with Gasteiger partial charge in [-0.15, -0.1) is 5.10 Å². The van der Waals surface area contributed by atoms with Gasteiger partial charge in [-0.1, -0.05) is 30.4 Å². The molecule has 1 aliphatic rings. The molecule has 3 rings (SSSR count). The van der Waals surface area contributed by atoms with Crippen LogP contribution in [0, 0.1) is 5.92 Å². The molecular weight excluding hydrogens is 256 g/mol. The molecule has 0 saturated heterocycles. The lowest BCUT2D eigenvalue weighted by molar-refractivity contribution is -0.120. The Morgan fingerprint density at radius 2 is 2.05 bits per heavy atom. The van der Waals surface area contributed by atoms with Gasteiger partial charge in [-0.3, -0.25) is 15.1 Å². The van der Waals surface area contributed by atoms with Crippen molar-refractivity contribution in [2.24, 2.45) is 5.92 Å². The molecule has 1 saturated carbocycles. The number of rotatable bonds is 3. The molecule has 20 heavy (non-hydrogen) atoms. The Kier molecular flexibility index (Phi) is 3.71. The van der Waals surface area contributed by atoms with Gasteiger partial charge < -0.3 is 4.42 Å². The van der Waals surface area contributed by atoms with E-state index in [0.29, 0.717) is 11.6 Å². The zero-order chi connectivity index (χ0) is 13.8. The second-order valence-electron chi connectivity index (χ2n) is 4.95. The zero-order valence-corrected chi connectivity index (χ0v) is 11.1. The lowest BCUT2D eigenvalue weighted by Crippen LogP contribution is -2.24. The Balaban J connectivity index is 1.66. The van der Waals surface area contributed by atoms with E-state index in [1.54, 1.807) is 12.3 Å². The topological polar surface area (TPSA) is 80.9 Å². The lowest BCUT2D eigenvalue weighted by Gasteiger charge is -2.19. The van der Waals surface area contributed by atoms with Crippen molar-refractivity contribution in [1.29, 1.82) is 0 Å². The summed E-state index contributed by atoms with van der Waals surface area (Å²) in [6.07, 6.45) is 6.97. The van der Waals surface area contributed by atoms with Gasteiger partial charge in [0.05, 0.1) is 0 Å². The summed E-state index contributed by atoms with van der Waals surface area (Å²) in [7, 11) is 0. The second-order valence-corrected chi connectivity index (χ2v) is 4.95. The molecule has 0 aliphatic heterocycles. The van der Waals surface area contributed by atoms with E-state index < -0.39 is 0 Å². The number of carbonyl (C=O) groups excluding carboxylic acids is 1. The van der Waals surface area contributed by atoms with E-state index in [4.69, 9.17) is 4.42 Å². The predicted molar refractivity (Wildman–Crippen MR) is 72.7 cm³/mol. The Morgan fingerprint density at radius 3 is 2.80 bits per heavy atom. The first-order valence-electron chi connectivity index (χ1n) is 6.89. The molecule has 1 fully saturated rings. The third-order valence-corrected chi connectivity index (χ3v) is 3.52. The van der Waals surface area contributed by atoms with Gasteiger partial charge in [0.15, 0.2) is 0 Å². The number of nitrogens with one attached hydrogen (secondary N) is 1. The van der Waals surface area contributed by atoms with Crippen molar-refractivity contribution < 1.29 is 9.21 Å². The standard InChI is InChI=1S/C14H16N4O2/c19-12(10-6-2-1-3-7-10)16-14-18-17-13(20-14)11-8-4-5-9-15-11/h4-5,8-10H,1-3,6-7H2,(H,16,18,19). The van der Waals surface area contributed by atoms with Crippen molar-refractivity contribution in [2.75, 3.05) is 5.32 Å². The van der Waals surface area contributed by atoms with Gasteiger partial charge in [-0.25, -0.2) is 0 Å². The molecule has 6 nitrogen and oxygen atoms in total. The van der Waals surface area contributed by atoms with E-state index in [0.717, 1.165) is 25.7 Å². The van der Waals surface area contributed by atoms with Crippen LogP contribution in [0.4, 0.5) is 6.01 Å². The molecule has 0 bridgehead atoms. The smallest absolute Gasteiger partial charge is 0.322 e. The van der Waals surface area contributed by atoms with Gasteiger partial charge in [0.2, 0.25) is 5.91 Å². The number of aromatic nitrogens is 3. The van der Waals surface area contributed by atoms with Crippen molar-refractivity contribution in [3.8, 4) is 11.6 Å². The van der Waals surface area contributed by atoms with Crippen molar-refractivity contribution >= 4 is 11.9 Å². The van der Waals surface area contributed by atoms with Crippen LogP contribution in [0.5, 0.6) is 0 Å². The highest BCUT2D eigenvalue weighted by atomic mass is 16.4. The molecular formula is C14H16N4O2. The van der Waals surface area contributed by atoms with E-state index in [2.05, 4.69) is 20.5 Å². The van der Waals surface area contributed by atoms with E-state index in [9.17, 15) is 4.79 Å². The molecule has 0 unspecified atom stereocenters. The molecule has 0 radical (unpaired) electrons. The van der Waals surface area contributed by atoms with Crippen LogP contribution in [0.25, 0.3) is 11.6 Å². The molecule has 104 valence electrons. The fraction of sp³-hybridized carbons (Fsp3) is 0.429. The minimum Gasteiger partial charge on any atom is -0.401 e. The summed E-state index contributed by atoms with van der Waals surface area (Å²) in [5, 5.41) is 10.4. The summed E-state index contributed by atoms with van der Waals surface area (Å²) >= 11 is 0. The third-order valence-electron chi connectivity index (χ3n) is 3.52. The van der Waals surface area contributed by atoms with Crippen molar-refractivity contribution in [3.63, 3.8) is 0 Å². The van der Waals surface area contributed by atoms with E-state index in [1.165, 1.54) is 6.42 Å². The minimum absolute atomic E-state index is 0.0269. The van der Waals surface area contributed by atoms with Gasteiger partial charge in [0.25, 0.3) is 5.89 Å². The van der Waals surface area contributed by atoms with Crippen molar-refractivity contribution in [1.82, 2.24) is 15.2 Å². The van der Waals surface area contributed by atoms with Crippen LogP contribution in [-0.4, -0.2) is 21.1 Å². The van der Waals surface area contributed by atoms with Crippen LogP contribution in [0.15, 0.2) is 28.8 Å². The Hall–Kier alpha value is -2.24. The fourth-order valence-electron chi connectivity index (χ4n) is 2.44. The third kappa shape index (κ3) is 2.84. The van der Waals surface area contributed by atoms with Crippen molar-refractivity contribution in [2.45, 2.75) is 32.1 Å². The molecule has 1 amide bonds. The van der Waals surface area contributed by atoms with Gasteiger partial charge in [0, 0.05) is 12.1 Å². The largest absolute Gasteiger partial charge is 0.401 e. The molecule has 1 aliphatic carbocycles. The summed E-state index contributed by atoms with van der Waals surface area (Å²) in [4.78, 5) is 16.2. The van der Waals surface area contributed by atoms with Gasteiger partial charge in [-0.05, 0) is 25.0 Å². The van der Waals surface area contributed by atoms with Gasteiger partial charge in [-0.2, -0.15) is 0 Å². The lowest BCUT2D eigenvalue weighted by atomic mass is 9.89. The number of pyridine rings is 1. The first kappa shape index (κ1) is 12.8. The number of carbonyl (C=O) groups is 1. The van der Waals surface area contributed by atoms with Crippen LogP contribution < -0.4 is 5.32 Å². The summed E-state index contributed by atoms with van der Waals surface area (Å²) in [5.74, 6) is 0.347. The maximum Gasteiger partial charge on any atom is 0.322 e. The normalized spacial score (nSPS) is 16.0. The number of hydrogen-bond donors (Lipinski definition) is 1. The number of amides is 1. The monoisotopic (exact) mass is 272 g/mol. The highest BCUT2D eigenvalue weighted by molar-refractivity contribution is 5.90. The van der Waals surface area contributed by atoms with E-state index in [1.807, 2.05) is 12.1 Å². The first-order valence-corrected chi connectivity index (χ1v) is 6.89. The molecule has 6 heteroatoms. The minimum atomic E-state index is -0.0269. The zero-order valence-electron chi connectivity index (χ0n) is 11.1. The molecule has 0 spiro atoms. The fourth-order valence-corrected chi connectivity index (χ4v) is 2.44. The van der Waals surface area contributed by atoms with E-state index in [-0.39, 0.29) is 17.8 Å². The van der Waals surface area contributed by atoms with Crippen LogP contribution in [0.2, 0.25) is 0 Å². The Labute approximate surface area is 116 Å². The number of nitrogens with zero attached hydrogens (tertiary/aromatic N) is 3. The maximum absolute atomic E-state index is 12.1. The van der Waals surface area contributed by atoms with Gasteiger partial charge >= 0.3 is 6.01 Å². The molecule has 0 aromatic carbocycles. The van der Waals surface area contributed by atoms with Crippen LogP contribution in [0.3, 0.4) is 0 Å².